The normalized spacial score (nSPS) is 16.5. The van der Waals surface area contributed by atoms with E-state index < -0.39 is 12.1 Å². The number of hydrogen-bond donors (Lipinski definition) is 2. The summed E-state index contributed by atoms with van der Waals surface area (Å²) in [5.41, 5.74) is 1.72. The molecule has 9 nitrogen and oxygen atoms in total. The minimum Gasteiger partial charge on any atom is -0.475 e. The Balaban J connectivity index is 0.000000423. The van der Waals surface area contributed by atoms with Crippen molar-refractivity contribution in [2.24, 2.45) is 0 Å². The van der Waals surface area contributed by atoms with Crippen molar-refractivity contribution in [2.45, 2.75) is 65.6 Å². The number of imidazole rings is 1. The molecule has 1 amide bonds. The summed E-state index contributed by atoms with van der Waals surface area (Å²) in [5, 5.41) is 14.4. The minimum absolute atomic E-state index is 0.102. The van der Waals surface area contributed by atoms with Crippen LogP contribution in [0, 0.1) is 0 Å². The highest BCUT2D eigenvalue weighted by Gasteiger charge is 2.38. The van der Waals surface area contributed by atoms with Crippen molar-refractivity contribution < 1.29 is 27.9 Å². The predicted octanol–water partition coefficient (Wildman–Crippen LogP) is 2.45. The molecule has 3 heterocycles. The van der Waals surface area contributed by atoms with Crippen LogP contribution in [0.3, 0.4) is 0 Å². The second kappa shape index (κ2) is 9.94. The van der Waals surface area contributed by atoms with E-state index in [1.165, 1.54) is 5.56 Å². The quantitative estimate of drug-likeness (QED) is 0.734. The van der Waals surface area contributed by atoms with Gasteiger partial charge in [0.2, 0.25) is 0 Å². The van der Waals surface area contributed by atoms with E-state index >= 15 is 0 Å². The molecule has 0 spiro atoms. The van der Waals surface area contributed by atoms with Gasteiger partial charge < -0.3 is 15.0 Å². The van der Waals surface area contributed by atoms with Crippen LogP contribution in [0.1, 0.15) is 55.6 Å². The molecule has 0 fully saturated rings. The highest BCUT2D eigenvalue weighted by molar-refractivity contribution is 5.92. The molecule has 1 unspecified atom stereocenters. The first kappa shape index (κ1) is 24.4. The topological polar surface area (TPSA) is 105 Å². The van der Waals surface area contributed by atoms with E-state index in [0.29, 0.717) is 5.69 Å². The molecule has 2 aromatic heterocycles. The van der Waals surface area contributed by atoms with Gasteiger partial charge in [0.05, 0.1) is 12.2 Å². The van der Waals surface area contributed by atoms with Crippen LogP contribution in [-0.2, 0) is 24.4 Å². The number of aryl methyl sites for hydroxylation is 1. The number of amides is 1. The molecule has 2 aromatic rings. The van der Waals surface area contributed by atoms with Gasteiger partial charge in [0.15, 0.2) is 0 Å². The van der Waals surface area contributed by atoms with Gasteiger partial charge >= 0.3 is 12.1 Å². The van der Waals surface area contributed by atoms with Gasteiger partial charge in [-0.25, -0.2) is 9.78 Å². The molecule has 0 bridgehead atoms. The summed E-state index contributed by atoms with van der Waals surface area (Å²) in [6, 6.07) is 0.282. The lowest BCUT2D eigenvalue weighted by atomic mass is 10.2. The summed E-state index contributed by atoms with van der Waals surface area (Å²) in [5.74, 6) is -1.90. The zero-order valence-electron chi connectivity index (χ0n) is 17.8. The second-order valence-corrected chi connectivity index (χ2v) is 7.46. The SMILES string of the molecule is CCn1cc(CN2CCn3cc(C(=O)NC(C)C)nc3C2C)cn1.O=C(O)C(F)(F)F. The monoisotopic (exact) mass is 444 g/mol. The summed E-state index contributed by atoms with van der Waals surface area (Å²) >= 11 is 0. The lowest BCUT2D eigenvalue weighted by molar-refractivity contribution is -0.192. The maximum atomic E-state index is 12.2. The molecule has 0 saturated carbocycles. The number of rotatable bonds is 5. The van der Waals surface area contributed by atoms with Crippen molar-refractivity contribution in [3.63, 3.8) is 0 Å². The molecule has 0 aromatic carbocycles. The number of carbonyl (C=O) groups excluding carboxylic acids is 1. The van der Waals surface area contributed by atoms with Gasteiger partial charge in [-0.15, -0.1) is 0 Å². The molecule has 31 heavy (non-hydrogen) atoms. The fraction of sp³-hybridized carbons (Fsp3) is 0.579. The Morgan fingerprint density at radius 3 is 2.45 bits per heavy atom. The zero-order chi connectivity index (χ0) is 23.3. The summed E-state index contributed by atoms with van der Waals surface area (Å²) in [6.07, 6.45) is 0.810. The number of nitrogens with one attached hydrogen (secondary N) is 1. The van der Waals surface area contributed by atoms with E-state index in [4.69, 9.17) is 9.90 Å². The molecule has 1 aliphatic heterocycles. The van der Waals surface area contributed by atoms with Crippen LogP contribution < -0.4 is 5.32 Å². The molecule has 0 saturated heterocycles. The minimum atomic E-state index is -5.08. The Labute approximate surface area is 177 Å². The third kappa shape index (κ3) is 6.54. The fourth-order valence-electron chi connectivity index (χ4n) is 3.09. The van der Waals surface area contributed by atoms with Gasteiger partial charge in [0.1, 0.15) is 11.5 Å². The van der Waals surface area contributed by atoms with Gasteiger partial charge in [-0.1, -0.05) is 0 Å². The van der Waals surface area contributed by atoms with E-state index in [0.717, 1.165) is 32.0 Å². The largest absolute Gasteiger partial charge is 0.490 e. The van der Waals surface area contributed by atoms with Crippen molar-refractivity contribution in [3.8, 4) is 0 Å². The first-order valence-corrected chi connectivity index (χ1v) is 9.85. The Morgan fingerprint density at radius 1 is 1.29 bits per heavy atom. The molecular formula is C19H27F3N6O3. The number of aromatic nitrogens is 4. The maximum absolute atomic E-state index is 12.2. The number of nitrogens with zero attached hydrogens (tertiary/aromatic N) is 5. The third-order valence-electron chi connectivity index (χ3n) is 4.65. The number of hydrogen-bond acceptors (Lipinski definition) is 5. The highest BCUT2D eigenvalue weighted by Crippen LogP contribution is 2.26. The first-order chi connectivity index (χ1) is 14.4. The molecule has 3 rings (SSSR count). The molecule has 2 N–H and O–H groups in total. The number of aliphatic carboxylic acids is 1. The van der Waals surface area contributed by atoms with Crippen molar-refractivity contribution in [2.75, 3.05) is 6.54 Å². The summed E-state index contributed by atoms with van der Waals surface area (Å²) in [6.45, 7) is 11.7. The molecule has 1 aliphatic rings. The standard InChI is InChI=1S/C17H26N6O.C2HF3O2/c1-5-23-10-14(8-18-23)9-21-6-7-22-11-15(17(24)19-12(2)3)20-16(22)13(21)4;3-2(4,5)1(6)7/h8,10-13H,5-7,9H2,1-4H3,(H,19,24);(H,6,7). The average molecular weight is 444 g/mol. The van der Waals surface area contributed by atoms with E-state index in [2.05, 4.69) is 44.9 Å². The molecule has 1 atom stereocenters. The van der Waals surface area contributed by atoms with Crippen LogP contribution in [0.2, 0.25) is 0 Å². The van der Waals surface area contributed by atoms with E-state index in [1.54, 1.807) is 0 Å². The number of halogens is 3. The lowest BCUT2D eigenvalue weighted by Crippen LogP contribution is -2.36. The second-order valence-electron chi connectivity index (χ2n) is 7.46. The van der Waals surface area contributed by atoms with Gasteiger partial charge in [-0.05, 0) is 27.7 Å². The summed E-state index contributed by atoms with van der Waals surface area (Å²) < 4.78 is 35.8. The maximum Gasteiger partial charge on any atom is 0.490 e. The smallest absolute Gasteiger partial charge is 0.475 e. The molecule has 0 radical (unpaired) electrons. The van der Waals surface area contributed by atoms with Gasteiger partial charge in [-0.3, -0.25) is 14.4 Å². The zero-order valence-corrected chi connectivity index (χ0v) is 17.8. The van der Waals surface area contributed by atoms with E-state index in [-0.39, 0.29) is 18.0 Å². The van der Waals surface area contributed by atoms with Crippen LogP contribution in [0.15, 0.2) is 18.6 Å². The number of alkyl halides is 3. The predicted molar refractivity (Wildman–Crippen MR) is 105 cm³/mol. The number of carboxylic acids is 1. The van der Waals surface area contributed by atoms with Crippen LogP contribution in [0.5, 0.6) is 0 Å². The van der Waals surface area contributed by atoms with Crippen LogP contribution in [-0.4, -0.2) is 60.0 Å². The van der Waals surface area contributed by atoms with Crippen LogP contribution in [0.25, 0.3) is 0 Å². The van der Waals surface area contributed by atoms with Crippen LogP contribution >= 0.6 is 0 Å². The Hall–Kier alpha value is -2.89. The lowest BCUT2D eigenvalue weighted by Gasteiger charge is -2.33. The Bertz CT molecular complexity index is 906. The number of fused-ring (bicyclic) bond motifs is 1. The average Bonchev–Trinajstić information content (AvgIpc) is 3.30. The van der Waals surface area contributed by atoms with Gasteiger partial charge in [-0.2, -0.15) is 18.3 Å². The van der Waals surface area contributed by atoms with Crippen molar-refractivity contribution in [3.05, 3.63) is 35.7 Å². The first-order valence-electron chi connectivity index (χ1n) is 9.85. The highest BCUT2D eigenvalue weighted by atomic mass is 19.4. The van der Waals surface area contributed by atoms with E-state index in [9.17, 15) is 18.0 Å². The third-order valence-corrected chi connectivity index (χ3v) is 4.65. The van der Waals surface area contributed by atoms with Gasteiger partial charge in [0, 0.05) is 50.2 Å². The fourth-order valence-corrected chi connectivity index (χ4v) is 3.09. The molecular weight excluding hydrogens is 417 g/mol. The number of carbonyl (C=O) groups is 2. The summed E-state index contributed by atoms with van der Waals surface area (Å²) in [7, 11) is 0. The van der Waals surface area contributed by atoms with Gasteiger partial charge in [0.25, 0.3) is 5.91 Å². The molecule has 12 heteroatoms. The molecule has 172 valence electrons. The molecule has 0 aliphatic carbocycles. The van der Waals surface area contributed by atoms with Crippen molar-refractivity contribution >= 4 is 11.9 Å². The van der Waals surface area contributed by atoms with Crippen molar-refractivity contribution in [1.82, 2.24) is 29.5 Å². The van der Waals surface area contributed by atoms with Crippen LogP contribution in [0.4, 0.5) is 13.2 Å². The Morgan fingerprint density at radius 2 is 1.94 bits per heavy atom. The summed E-state index contributed by atoms with van der Waals surface area (Å²) in [4.78, 5) is 28.0. The van der Waals surface area contributed by atoms with E-state index in [1.807, 2.05) is 30.9 Å². The number of carboxylic acid groups (broad SMARTS) is 1. The van der Waals surface area contributed by atoms with Crippen molar-refractivity contribution in [1.29, 1.82) is 0 Å². The Kier molecular flexibility index (Phi) is 7.82.